The van der Waals surface area contributed by atoms with Crippen molar-refractivity contribution in [3.8, 4) is 0 Å². The van der Waals surface area contributed by atoms with Crippen LogP contribution in [0.3, 0.4) is 0 Å². The number of nitrogens with zero attached hydrogens (tertiary/aromatic N) is 3. The average molecular weight is 371 g/mol. The number of hydrogen-bond donors (Lipinski definition) is 0. The Balaban J connectivity index is 2.86. The summed E-state index contributed by atoms with van der Waals surface area (Å²) in [5, 5.41) is 4.18. The maximum atomic E-state index is 4.18. The maximum absolute atomic E-state index is 4.18. The highest BCUT2D eigenvalue weighted by Gasteiger charge is 1.99. The Bertz CT molecular complexity index is 396. The monoisotopic (exact) mass is 371 g/mol. The third-order valence-corrected chi connectivity index (χ3v) is 2.61. The van der Waals surface area contributed by atoms with Crippen molar-refractivity contribution < 1.29 is 0 Å². The van der Waals surface area contributed by atoms with E-state index in [4.69, 9.17) is 0 Å². The zero-order chi connectivity index (χ0) is 7.84. The van der Waals surface area contributed by atoms with Gasteiger partial charge in [0.05, 0.1) is 12.4 Å². The molecule has 0 atom stereocenters. The first-order chi connectivity index (χ1) is 5.27. The Hall–Kier alpha value is 0.0800. The lowest BCUT2D eigenvalue weighted by Crippen LogP contribution is -1.92. The van der Waals surface area contributed by atoms with Crippen LogP contribution < -0.4 is 0 Å². The minimum absolute atomic E-state index is 0.904. The van der Waals surface area contributed by atoms with Gasteiger partial charge >= 0.3 is 0 Å². The van der Waals surface area contributed by atoms with Gasteiger partial charge in [-0.25, -0.2) is 9.50 Å². The van der Waals surface area contributed by atoms with Gasteiger partial charge < -0.3 is 0 Å². The standard InChI is InChI=1S/C6H3I2N3/c7-4-1-6-9-3-5(8)11(6)10-2-4/h1-3H. The summed E-state index contributed by atoms with van der Waals surface area (Å²) in [6.45, 7) is 0. The molecule has 0 radical (unpaired) electrons. The molecule has 11 heavy (non-hydrogen) atoms. The van der Waals surface area contributed by atoms with Crippen molar-refractivity contribution in [3.63, 3.8) is 0 Å². The topological polar surface area (TPSA) is 30.2 Å². The number of hydrogen-bond acceptors (Lipinski definition) is 2. The van der Waals surface area contributed by atoms with Crippen LogP contribution in [0.4, 0.5) is 0 Å². The lowest BCUT2D eigenvalue weighted by molar-refractivity contribution is 0.908. The van der Waals surface area contributed by atoms with Crippen LogP contribution in [0, 0.1) is 7.27 Å². The zero-order valence-electron chi connectivity index (χ0n) is 5.33. The van der Waals surface area contributed by atoms with Gasteiger partial charge in [0.2, 0.25) is 0 Å². The number of rotatable bonds is 0. The van der Waals surface area contributed by atoms with Crippen LogP contribution >= 0.6 is 45.2 Å². The molecule has 0 aliphatic rings. The van der Waals surface area contributed by atoms with E-state index < -0.39 is 0 Å². The molecule has 0 aliphatic heterocycles. The van der Waals surface area contributed by atoms with Crippen LogP contribution in [0.2, 0.25) is 0 Å². The highest BCUT2D eigenvalue weighted by Crippen LogP contribution is 2.09. The van der Waals surface area contributed by atoms with Gasteiger partial charge in [-0.05, 0) is 51.2 Å². The van der Waals surface area contributed by atoms with E-state index in [0.29, 0.717) is 0 Å². The summed E-state index contributed by atoms with van der Waals surface area (Å²) in [7, 11) is 0. The predicted octanol–water partition coefficient (Wildman–Crippen LogP) is 1.94. The highest BCUT2D eigenvalue weighted by molar-refractivity contribution is 14.1. The van der Waals surface area contributed by atoms with Crippen molar-refractivity contribution in [1.82, 2.24) is 14.6 Å². The van der Waals surface area contributed by atoms with Crippen LogP contribution in [0.1, 0.15) is 0 Å². The largest absolute Gasteiger partial charge is 0.234 e. The minimum atomic E-state index is 0.904. The van der Waals surface area contributed by atoms with Crippen LogP contribution in [-0.2, 0) is 0 Å². The van der Waals surface area contributed by atoms with E-state index in [9.17, 15) is 0 Å². The second-order valence-electron chi connectivity index (χ2n) is 2.02. The number of aromatic nitrogens is 3. The average Bonchev–Trinajstić information content (AvgIpc) is 2.32. The Morgan fingerprint density at radius 1 is 1.27 bits per heavy atom. The van der Waals surface area contributed by atoms with Gasteiger partial charge in [0.25, 0.3) is 0 Å². The third kappa shape index (κ3) is 1.35. The van der Waals surface area contributed by atoms with Crippen molar-refractivity contribution in [1.29, 1.82) is 0 Å². The van der Waals surface area contributed by atoms with Crippen molar-refractivity contribution in [2.24, 2.45) is 0 Å². The maximum Gasteiger partial charge on any atom is 0.155 e. The van der Waals surface area contributed by atoms with Crippen LogP contribution in [0.15, 0.2) is 18.5 Å². The molecule has 2 aromatic rings. The molecular weight excluding hydrogens is 368 g/mol. The summed E-state index contributed by atoms with van der Waals surface area (Å²) >= 11 is 4.42. The van der Waals surface area contributed by atoms with E-state index in [1.54, 1.807) is 6.20 Å². The molecule has 0 aromatic carbocycles. The summed E-state index contributed by atoms with van der Waals surface area (Å²) in [6, 6.07) is 2.00. The Morgan fingerprint density at radius 2 is 2.09 bits per heavy atom. The zero-order valence-corrected chi connectivity index (χ0v) is 9.64. The summed E-state index contributed by atoms with van der Waals surface area (Å²) in [5.74, 6) is 0. The van der Waals surface area contributed by atoms with Gasteiger partial charge in [-0.1, -0.05) is 0 Å². The van der Waals surface area contributed by atoms with E-state index in [0.717, 1.165) is 12.9 Å². The molecule has 0 unspecified atom stereocenters. The molecule has 0 saturated carbocycles. The first-order valence-corrected chi connectivity index (χ1v) is 5.08. The summed E-state index contributed by atoms with van der Waals surface area (Å²) in [6.07, 6.45) is 3.62. The molecule has 0 aliphatic carbocycles. The lowest BCUT2D eigenvalue weighted by Gasteiger charge is -1.92. The van der Waals surface area contributed by atoms with Crippen molar-refractivity contribution in [3.05, 3.63) is 25.7 Å². The molecule has 0 spiro atoms. The highest BCUT2D eigenvalue weighted by atomic mass is 127. The number of fused-ring (bicyclic) bond motifs is 1. The molecule has 0 fully saturated rings. The Morgan fingerprint density at radius 3 is 2.91 bits per heavy atom. The summed E-state index contributed by atoms with van der Waals surface area (Å²) in [5.41, 5.74) is 0.904. The fourth-order valence-electron chi connectivity index (χ4n) is 0.824. The van der Waals surface area contributed by atoms with Gasteiger partial charge in [-0.15, -0.1) is 0 Å². The second kappa shape index (κ2) is 2.85. The van der Waals surface area contributed by atoms with E-state index in [-0.39, 0.29) is 0 Å². The predicted molar refractivity (Wildman–Crippen MR) is 58.4 cm³/mol. The summed E-state index contributed by atoms with van der Waals surface area (Å²) < 4.78 is 3.95. The molecule has 2 aromatic heterocycles. The van der Waals surface area contributed by atoms with Gasteiger partial charge in [-0.2, -0.15) is 5.10 Å². The molecule has 3 nitrogen and oxygen atoms in total. The Kier molecular flexibility index (Phi) is 2.00. The molecule has 2 rings (SSSR count). The van der Waals surface area contributed by atoms with E-state index in [2.05, 4.69) is 55.3 Å². The minimum Gasteiger partial charge on any atom is -0.234 e. The van der Waals surface area contributed by atoms with Crippen molar-refractivity contribution in [2.45, 2.75) is 0 Å². The molecule has 2 heterocycles. The fraction of sp³-hybridized carbons (Fsp3) is 0. The molecule has 0 saturated heterocycles. The number of imidazole rings is 1. The first kappa shape index (κ1) is 7.71. The molecule has 0 amide bonds. The molecular formula is C6H3I2N3. The quantitative estimate of drug-likeness (QED) is 0.663. The SMILES string of the molecule is Ic1cnn2c(I)cnc2c1. The van der Waals surface area contributed by atoms with Crippen LogP contribution in [-0.4, -0.2) is 14.6 Å². The van der Waals surface area contributed by atoms with E-state index in [1.807, 2.05) is 16.8 Å². The second-order valence-corrected chi connectivity index (χ2v) is 4.38. The lowest BCUT2D eigenvalue weighted by atomic mass is 10.6. The normalized spacial score (nSPS) is 10.7. The van der Waals surface area contributed by atoms with E-state index >= 15 is 0 Å². The molecule has 0 bridgehead atoms. The Labute approximate surface area is 90.5 Å². The van der Waals surface area contributed by atoms with Gasteiger partial charge in [0, 0.05) is 3.57 Å². The first-order valence-electron chi connectivity index (χ1n) is 2.92. The third-order valence-electron chi connectivity index (χ3n) is 1.29. The smallest absolute Gasteiger partial charge is 0.155 e. The van der Waals surface area contributed by atoms with Crippen LogP contribution in [0.5, 0.6) is 0 Å². The van der Waals surface area contributed by atoms with E-state index in [1.165, 1.54) is 0 Å². The molecule has 5 heteroatoms. The molecule has 56 valence electrons. The molecule has 0 N–H and O–H groups in total. The fourth-order valence-corrected chi connectivity index (χ4v) is 1.74. The number of halogens is 2. The van der Waals surface area contributed by atoms with Crippen molar-refractivity contribution in [2.75, 3.05) is 0 Å². The van der Waals surface area contributed by atoms with Gasteiger partial charge in [-0.3, -0.25) is 0 Å². The van der Waals surface area contributed by atoms with Crippen LogP contribution in [0.25, 0.3) is 5.65 Å². The van der Waals surface area contributed by atoms with Gasteiger partial charge in [0.15, 0.2) is 5.65 Å². The van der Waals surface area contributed by atoms with Crippen molar-refractivity contribution >= 4 is 50.8 Å². The summed E-state index contributed by atoms with van der Waals surface area (Å²) in [4.78, 5) is 4.17. The van der Waals surface area contributed by atoms with Gasteiger partial charge in [0.1, 0.15) is 3.70 Å².